The van der Waals surface area contributed by atoms with Crippen LogP contribution in [0.5, 0.6) is 11.5 Å². The monoisotopic (exact) mass is 322 g/mol. The van der Waals surface area contributed by atoms with Crippen molar-refractivity contribution in [1.82, 2.24) is 10.2 Å². The second-order valence-electron chi connectivity index (χ2n) is 5.23. The van der Waals surface area contributed by atoms with Crippen LogP contribution in [-0.4, -0.2) is 48.7 Å². The molecule has 0 bridgehead atoms. The Labute approximate surface area is 133 Å². The molecule has 8 nitrogen and oxygen atoms in total. The van der Waals surface area contributed by atoms with E-state index in [0.717, 1.165) is 4.90 Å². The summed E-state index contributed by atoms with van der Waals surface area (Å²) in [5.41, 5.74) is -0.763. The van der Waals surface area contributed by atoms with Crippen molar-refractivity contribution in [2.75, 3.05) is 20.8 Å². The largest absolute Gasteiger partial charge is 0.493 e. The van der Waals surface area contributed by atoms with Gasteiger partial charge in [-0.1, -0.05) is 6.07 Å². The van der Waals surface area contributed by atoms with Crippen LogP contribution in [-0.2, 0) is 15.1 Å². The van der Waals surface area contributed by atoms with Gasteiger partial charge in [-0.05, 0) is 24.6 Å². The van der Waals surface area contributed by atoms with Crippen LogP contribution in [0.15, 0.2) is 18.2 Å². The molecule has 23 heavy (non-hydrogen) atoms. The van der Waals surface area contributed by atoms with Gasteiger partial charge < -0.3 is 19.9 Å². The van der Waals surface area contributed by atoms with E-state index in [4.69, 9.17) is 14.6 Å². The molecule has 1 saturated heterocycles. The number of hydrogen-bond donors (Lipinski definition) is 2. The van der Waals surface area contributed by atoms with Gasteiger partial charge in [0.05, 0.1) is 20.6 Å². The van der Waals surface area contributed by atoms with Crippen LogP contribution in [0.4, 0.5) is 4.79 Å². The van der Waals surface area contributed by atoms with E-state index in [1.807, 2.05) is 0 Å². The third-order valence-corrected chi connectivity index (χ3v) is 3.79. The van der Waals surface area contributed by atoms with Crippen LogP contribution in [0.1, 0.15) is 18.9 Å². The average Bonchev–Trinajstić information content (AvgIpc) is 2.75. The van der Waals surface area contributed by atoms with E-state index in [1.165, 1.54) is 14.2 Å². The number of carboxylic acids is 1. The summed E-state index contributed by atoms with van der Waals surface area (Å²) >= 11 is 0. The Bertz CT molecular complexity index is 659. The minimum atomic E-state index is -1.28. The van der Waals surface area contributed by atoms with Crippen LogP contribution in [0.2, 0.25) is 0 Å². The molecule has 1 aromatic carbocycles. The van der Waals surface area contributed by atoms with Crippen LogP contribution >= 0.6 is 0 Å². The lowest BCUT2D eigenvalue weighted by atomic mass is 9.91. The SMILES string of the molecule is COc1ccc(C2(C)NC(=O)N(CCC(=O)O)C2=O)cc1OC. The molecule has 1 heterocycles. The van der Waals surface area contributed by atoms with E-state index >= 15 is 0 Å². The zero-order chi connectivity index (χ0) is 17.2. The Kier molecular flexibility index (Phi) is 4.44. The molecule has 0 saturated carbocycles. The summed E-state index contributed by atoms with van der Waals surface area (Å²) in [6.07, 6.45) is -0.304. The summed E-state index contributed by atoms with van der Waals surface area (Å²) in [6, 6.07) is 4.28. The summed E-state index contributed by atoms with van der Waals surface area (Å²) in [5.74, 6) is -0.655. The van der Waals surface area contributed by atoms with Gasteiger partial charge in [-0.25, -0.2) is 4.79 Å². The molecule has 1 fully saturated rings. The molecule has 1 aliphatic heterocycles. The van der Waals surface area contributed by atoms with Crippen molar-refractivity contribution in [2.45, 2.75) is 18.9 Å². The highest BCUT2D eigenvalue weighted by Gasteiger charge is 2.49. The minimum Gasteiger partial charge on any atom is -0.493 e. The maximum atomic E-state index is 12.6. The third-order valence-electron chi connectivity index (χ3n) is 3.79. The van der Waals surface area contributed by atoms with Crippen LogP contribution in [0.25, 0.3) is 0 Å². The number of benzene rings is 1. The summed E-state index contributed by atoms with van der Waals surface area (Å²) in [5, 5.41) is 11.3. The highest BCUT2D eigenvalue weighted by molar-refractivity contribution is 6.07. The maximum absolute atomic E-state index is 12.6. The van der Waals surface area contributed by atoms with Gasteiger partial charge in [0, 0.05) is 6.54 Å². The lowest BCUT2D eigenvalue weighted by molar-refractivity contribution is -0.138. The number of urea groups is 1. The second kappa shape index (κ2) is 6.15. The van der Waals surface area contributed by atoms with Gasteiger partial charge >= 0.3 is 12.0 Å². The molecule has 8 heteroatoms. The van der Waals surface area contributed by atoms with Crippen LogP contribution in [0, 0.1) is 0 Å². The minimum absolute atomic E-state index is 0.178. The first-order valence-corrected chi connectivity index (χ1v) is 6.92. The van der Waals surface area contributed by atoms with Crippen molar-refractivity contribution in [3.8, 4) is 11.5 Å². The first kappa shape index (κ1) is 16.6. The average molecular weight is 322 g/mol. The van der Waals surface area contributed by atoms with E-state index in [-0.39, 0.29) is 13.0 Å². The van der Waals surface area contributed by atoms with Crippen LogP contribution < -0.4 is 14.8 Å². The van der Waals surface area contributed by atoms with Gasteiger partial charge in [-0.3, -0.25) is 14.5 Å². The smallest absolute Gasteiger partial charge is 0.325 e. The summed E-state index contributed by atoms with van der Waals surface area (Å²) in [4.78, 5) is 36.2. The molecule has 0 spiro atoms. The Morgan fingerprint density at radius 2 is 1.91 bits per heavy atom. The third kappa shape index (κ3) is 2.92. The molecular weight excluding hydrogens is 304 g/mol. The molecule has 2 N–H and O–H groups in total. The number of nitrogens with zero attached hydrogens (tertiary/aromatic N) is 1. The molecular formula is C15H18N2O6. The molecule has 124 valence electrons. The number of carbonyl (C=O) groups is 3. The summed E-state index contributed by atoms with van der Waals surface area (Å²) in [7, 11) is 2.97. The van der Waals surface area contributed by atoms with Gasteiger partial charge in [-0.2, -0.15) is 0 Å². The van der Waals surface area contributed by atoms with Crippen molar-refractivity contribution >= 4 is 17.9 Å². The molecule has 0 aliphatic carbocycles. The number of aliphatic carboxylic acids is 1. The number of methoxy groups -OCH3 is 2. The zero-order valence-electron chi connectivity index (χ0n) is 13.1. The highest BCUT2D eigenvalue weighted by atomic mass is 16.5. The van der Waals surface area contributed by atoms with E-state index < -0.39 is 23.4 Å². The number of carboxylic acid groups (broad SMARTS) is 1. The maximum Gasteiger partial charge on any atom is 0.325 e. The topological polar surface area (TPSA) is 105 Å². The lowest BCUT2D eigenvalue weighted by Gasteiger charge is -2.23. The van der Waals surface area contributed by atoms with Crippen molar-refractivity contribution in [3.63, 3.8) is 0 Å². The van der Waals surface area contributed by atoms with Crippen molar-refractivity contribution in [3.05, 3.63) is 23.8 Å². The predicted molar refractivity (Wildman–Crippen MR) is 79.4 cm³/mol. The molecule has 0 aromatic heterocycles. The summed E-state index contributed by atoms with van der Waals surface area (Å²) < 4.78 is 10.4. The van der Waals surface area contributed by atoms with E-state index in [9.17, 15) is 14.4 Å². The Morgan fingerprint density at radius 1 is 1.26 bits per heavy atom. The summed E-state index contributed by atoms with van der Waals surface area (Å²) in [6.45, 7) is 1.39. The number of ether oxygens (including phenoxy) is 2. The number of rotatable bonds is 6. The second-order valence-corrected chi connectivity index (χ2v) is 5.23. The Balaban J connectivity index is 2.33. The standard InChI is InChI=1S/C15H18N2O6/c1-15(9-4-5-10(22-2)11(8-9)23-3)13(20)17(14(21)16-15)7-6-12(18)19/h4-5,8H,6-7H2,1-3H3,(H,16,21)(H,18,19). The van der Waals surface area contributed by atoms with E-state index in [0.29, 0.717) is 17.1 Å². The highest BCUT2D eigenvalue weighted by Crippen LogP contribution is 2.35. The predicted octanol–water partition coefficient (Wildman–Crippen LogP) is 0.946. The number of amides is 3. The fourth-order valence-corrected chi connectivity index (χ4v) is 2.45. The first-order chi connectivity index (χ1) is 10.8. The fraction of sp³-hybridized carbons (Fsp3) is 0.400. The Morgan fingerprint density at radius 3 is 2.48 bits per heavy atom. The van der Waals surface area contributed by atoms with E-state index in [2.05, 4.69) is 5.32 Å². The van der Waals surface area contributed by atoms with Gasteiger partial charge in [0.25, 0.3) is 5.91 Å². The molecule has 1 unspecified atom stereocenters. The fourth-order valence-electron chi connectivity index (χ4n) is 2.45. The quantitative estimate of drug-likeness (QED) is 0.755. The normalized spacial score (nSPS) is 20.4. The molecule has 0 radical (unpaired) electrons. The molecule has 1 atom stereocenters. The lowest BCUT2D eigenvalue weighted by Crippen LogP contribution is -2.41. The first-order valence-electron chi connectivity index (χ1n) is 6.92. The van der Waals surface area contributed by atoms with Gasteiger partial charge in [0.1, 0.15) is 5.54 Å². The van der Waals surface area contributed by atoms with Gasteiger partial charge in [0.15, 0.2) is 11.5 Å². The van der Waals surface area contributed by atoms with Crippen molar-refractivity contribution in [1.29, 1.82) is 0 Å². The van der Waals surface area contributed by atoms with Gasteiger partial charge in [-0.15, -0.1) is 0 Å². The number of imide groups is 1. The number of nitrogens with one attached hydrogen (secondary N) is 1. The molecule has 2 rings (SSSR count). The number of carbonyl (C=O) groups excluding carboxylic acids is 2. The molecule has 1 aromatic rings. The van der Waals surface area contributed by atoms with E-state index in [1.54, 1.807) is 25.1 Å². The van der Waals surface area contributed by atoms with Gasteiger partial charge in [0.2, 0.25) is 0 Å². The molecule has 3 amide bonds. The Hall–Kier alpha value is -2.77. The molecule has 1 aliphatic rings. The number of hydrogen-bond acceptors (Lipinski definition) is 5. The van der Waals surface area contributed by atoms with Crippen molar-refractivity contribution in [2.24, 2.45) is 0 Å². The van der Waals surface area contributed by atoms with Crippen LogP contribution in [0.3, 0.4) is 0 Å². The van der Waals surface area contributed by atoms with Crippen molar-refractivity contribution < 1.29 is 29.0 Å². The zero-order valence-corrected chi connectivity index (χ0v) is 13.1.